The second kappa shape index (κ2) is 3.99. The van der Waals surface area contributed by atoms with Crippen LogP contribution < -0.4 is 0 Å². The second-order valence-electron chi connectivity index (χ2n) is 3.22. The van der Waals surface area contributed by atoms with Crippen LogP contribution in [-0.2, 0) is 6.42 Å². The van der Waals surface area contributed by atoms with Crippen molar-refractivity contribution in [2.75, 3.05) is 6.61 Å². The Morgan fingerprint density at radius 3 is 2.64 bits per heavy atom. The maximum atomic E-state index is 8.94. The molecule has 0 radical (unpaired) electrons. The molecule has 1 N–H and O–H groups in total. The van der Waals surface area contributed by atoms with E-state index in [1.807, 2.05) is 36.4 Å². The minimum Gasteiger partial charge on any atom is -0.396 e. The highest BCUT2D eigenvalue weighted by Crippen LogP contribution is 2.26. The molecular formula is C12H11ClO. The highest BCUT2D eigenvalue weighted by molar-refractivity contribution is 6.32. The van der Waals surface area contributed by atoms with E-state index in [-0.39, 0.29) is 6.61 Å². The Labute approximate surface area is 87.9 Å². The first-order chi connectivity index (χ1) is 6.83. The van der Waals surface area contributed by atoms with Gasteiger partial charge in [-0.05, 0) is 28.8 Å². The van der Waals surface area contributed by atoms with Crippen LogP contribution >= 0.6 is 11.6 Å². The topological polar surface area (TPSA) is 20.2 Å². The van der Waals surface area contributed by atoms with Gasteiger partial charge in [0.25, 0.3) is 0 Å². The highest BCUT2D eigenvalue weighted by atomic mass is 35.5. The maximum absolute atomic E-state index is 8.94. The summed E-state index contributed by atoms with van der Waals surface area (Å²) in [5, 5.41) is 12.0. The van der Waals surface area contributed by atoms with Crippen LogP contribution in [0.5, 0.6) is 0 Å². The molecule has 0 bridgehead atoms. The van der Waals surface area contributed by atoms with Gasteiger partial charge in [-0.25, -0.2) is 0 Å². The van der Waals surface area contributed by atoms with Crippen molar-refractivity contribution in [2.45, 2.75) is 6.42 Å². The van der Waals surface area contributed by atoms with Gasteiger partial charge in [0.2, 0.25) is 0 Å². The van der Waals surface area contributed by atoms with E-state index in [1.165, 1.54) is 5.39 Å². The number of aliphatic hydroxyl groups is 1. The van der Waals surface area contributed by atoms with E-state index in [9.17, 15) is 0 Å². The molecule has 0 fully saturated rings. The summed E-state index contributed by atoms with van der Waals surface area (Å²) in [5.74, 6) is 0. The summed E-state index contributed by atoms with van der Waals surface area (Å²) >= 11 is 6.07. The second-order valence-corrected chi connectivity index (χ2v) is 3.63. The maximum Gasteiger partial charge on any atom is 0.0472 e. The first kappa shape index (κ1) is 9.50. The van der Waals surface area contributed by atoms with Crippen molar-refractivity contribution in [3.05, 3.63) is 47.0 Å². The lowest BCUT2D eigenvalue weighted by Crippen LogP contribution is -1.93. The van der Waals surface area contributed by atoms with Crippen LogP contribution in [-0.4, -0.2) is 11.7 Å². The normalized spacial score (nSPS) is 10.7. The number of aliphatic hydroxyl groups excluding tert-OH is 1. The molecule has 1 nitrogen and oxygen atoms in total. The fraction of sp³-hybridized carbons (Fsp3) is 0.167. The van der Waals surface area contributed by atoms with Gasteiger partial charge in [-0.15, -0.1) is 0 Å². The number of halogens is 1. The highest BCUT2D eigenvalue weighted by Gasteiger charge is 2.04. The lowest BCUT2D eigenvalue weighted by Gasteiger charge is -2.06. The van der Waals surface area contributed by atoms with Crippen LogP contribution in [0.15, 0.2) is 36.4 Å². The minimum atomic E-state index is 0.133. The zero-order valence-corrected chi connectivity index (χ0v) is 8.46. The molecule has 0 unspecified atom stereocenters. The van der Waals surface area contributed by atoms with Gasteiger partial charge in [-0.3, -0.25) is 0 Å². The van der Waals surface area contributed by atoms with Crippen LogP contribution in [0.3, 0.4) is 0 Å². The Morgan fingerprint density at radius 1 is 1.07 bits per heavy atom. The number of benzene rings is 2. The fourth-order valence-electron chi connectivity index (χ4n) is 1.68. The smallest absolute Gasteiger partial charge is 0.0472 e. The van der Waals surface area contributed by atoms with Crippen molar-refractivity contribution in [3.8, 4) is 0 Å². The molecule has 0 aliphatic rings. The van der Waals surface area contributed by atoms with Gasteiger partial charge < -0.3 is 5.11 Å². The quantitative estimate of drug-likeness (QED) is 0.801. The summed E-state index contributed by atoms with van der Waals surface area (Å²) < 4.78 is 0. The van der Waals surface area contributed by atoms with Crippen LogP contribution in [0.25, 0.3) is 10.8 Å². The standard InChI is InChI=1S/C12H11ClO/c13-12-6-5-9-3-1-2-4-10(9)11(12)7-8-14/h1-6,14H,7-8H2. The molecule has 0 aliphatic carbocycles. The Morgan fingerprint density at radius 2 is 1.86 bits per heavy atom. The average molecular weight is 207 g/mol. The SMILES string of the molecule is OCCc1c(Cl)ccc2ccccc12. The Balaban J connectivity index is 2.69. The predicted molar refractivity (Wildman–Crippen MR) is 59.7 cm³/mol. The van der Waals surface area contributed by atoms with Crippen molar-refractivity contribution in [1.29, 1.82) is 0 Å². The van der Waals surface area contributed by atoms with Crippen LogP contribution in [0.4, 0.5) is 0 Å². The molecule has 0 aliphatic heterocycles. The summed E-state index contributed by atoms with van der Waals surface area (Å²) in [6, 6.07) is 11.9. The first-order valence-electron chi connectivity index (χ1n) is 4.60. The van der Waals surface area contributed by atoms with Gasteiger partial charge in [-0.2, -0.15) is 0 Å². The van der Waals surface area contributed by atoms with Gasteiger partial charge in [0, 0.05) is 11.6 Å². The number of rotatable bonds is 2. The van der Waals surface area contributed by atoms with Crippen molar-refractivity contribution in [2.24, 2.45) is 0 Å². The van der Waals surface area contributed by atoms with E-state index in [1.54, 1.807) is 0 Å². The van der Waals surface area contributed by atoms with Crippen molar-refractivity contribution >= 4 is 22.4 Å². The summed E-state index contributed by atoms with van der Waals surface area (Å²) in [6.45, 7) is 0.133. The van der Waals surface area contributed by atoms with Crippen LogP contribution in [0.1, 0.15) is 5.56 Å². The van der Waals surface area contributed by atoms with Crippen LogP contribution in [0, 0.1) is 0 Å². The lowest BCUT2D eigenvalue weighted by molar-refractivity contribution is 0.300. The largest absolute Gasteiger partial charge is 0.396 e. The summed E-state index contributed by atoms with van der Waals surface area (Å²) in [6.07, 6.45) is 0.611. The summed E-state index contributed by atoms with van der Waals surface area (Å²) in [5.41, 5.74) is 1.03. The zero-order chi connectivity index (χ0) is 9.97. The third kappa shape index (κ3) is 1.61. The van der Waals surface area contributed by atoms with Crippen molar-refractivity contribution < 1.29 is 5.11 Å². The minimum absolute atomic E-state index is 0.133. The molecule has 0 aromatic heterocycles. The predicted octanol–water partition coefficient (Wildman–Crippen LogP) is 3.03. The molecule has 2 rings (SSSR count). The number of hydrogen-bond acceptors (Lipinski definition) is 1. The van der Waals surface area contributed by atoms with Crippen LogP contribution in [0.2, 0.25) is 5.02 Å². The monoisotopic (exact) mass is 206 g/mol. The van der Waals surface area contributed by atoms with E-state index in [2.05, 4.69) is 0 Å². The third-order valence-corrected chi connectivity index (χ3v) is 2.70. The molecule has 0 saturated carbocycles. The molecule has 72 valence electrons. The van der Waals surface area contributed by atoms with Gasteiger partial charge in [0.1, 0.15) is 0 Å². The van der Waals surface area contributed by atoms with E-state index in [0.717, 1.165) is 16.0 Å². The molecule has 0 spiro atoms. The number of fused-ring (bicyclic) bond motifs is 1. The molecule has 2 aromatic carbocycles. The fourth-order valence-corrected chi connectivity index (χ4v) is 1.93. The van der Waals surface area contributed by atoms with Gasteiger partial charge in [0.15, 0.2) is 0 Å². The van der Waals surface area contributed by atoms with Crippen molar-refractivity contribution in [3.63, 3.8) is 0 Å². The Hall–Kier alpha value is -1.05. The Bertz CT molecular complexity index is 451. The van der Waals surface area contributed by atoms with Gasteiger partial charge in [-0.1, -0.05) is 41.9 Å². The zero-order valence-electron chi connectivity index (χ0n) is 7.70. The Kier molecular flexibility index (Phi) is 2.71. The molecule has 14 heavy (non-hydrogen) atoms. The lowest BCUT2D eigenvalue weighted by atomic mass is 10.0. The summed E-state index contributed by atoms with van der Waals surface area (Å²) in [4.78, 5) is 0. The van der Waals surface area contributed by atoms with Crippen molar-refractivity contribution in [1.82, 2.24) is 0 Å². The molecule has 0 atom stereocenters. The van der Waals surface area contributed by atoms with E-state index in [4.69, 9.17) is 16.7 Å². The molecule has 2 aromatic rings. The number of hydrogen-bond donors (Lipinski definition) is 1. The van der Waals surface area contributed by atoms with Gasteiger partial charge in [0.05, 0.1) is 0 Å². The van der Waals surface area contributed by atoms with E-state index in [0.29, 0.717) is 6.42 Å². The average Bonchev–Trinajstić information content (AvgIpc) is 2.23. The van der Waals surface area contributed by atoms with Gasteiger partial charge >= 0.3 is 0 Å². The third-order valence-electron chi connectivity index (χ3n) is 2.35. The summed E-state index contributed by atoms with van der Waals surface area (Å²) in [7, 11) is 0. The molecule has 2 heteroatoms. The van der Waals surface area contributed by atoms with E-state index >= 15 is 0 Å². The van der Waals surface area contributed by atoms with E-state index < -0.39 is 0 Å². The molecular weight excluding hydrogens is 196 g/mol. The molecule has 0 amide bonds. The first-order valence-corrected chi connectivity index (χ1v) is 4.97. The molecule has 0 heterocycles. The molecule has 0 saturated heterocycles.